The number of hydrogen-bond donors (Lipinski definition) is 0. The summed E-state index contributed by atoms with van der Waals surface area (Å²) < 4.78 is 5.52. The van der Waals surface area contributed by atoms with Crippen molar-refractivity contribution < 1.29 is 9.53 Å². The number of carbonyl (C=O) groups excluding carboxylic acids is 1. The molecule has 0 saturated carbocycles. The highest BCUT2D eigenvalue weighted by Crippen LogP contribution is 2.10. The fourth-order valence-corrected chi connectivity index (χ4v) is 1.91. The molecular formula is C11H20ClNO2. The molecule has 0 N–H and O–H groups in total. The molecular weight excluding hydrogens is 214 g/mol. The Morgan fingerprint density at radius 2 is 2.33 bits per heavy atom. The molecule has 1 aliphatic rings. The highest BCUT2D eigenvalue weighted by molar-refractivity contribution is 6.17. The topological polar surface area (TPSA) is 29.5 Å². The minimum absolute atomic E-state index is 0.232. The summed E-state index contributed by atoms with van der Waals surface area (Å²) in [4.78, 5) is 13.7. The van der Waals surface area contributed by atoms with Gasteiger partial charge in [0, 0.05) is 25.4 Å². The van der Waals surface area contributed by atoms with Gasteiger partial charge in [-0.1, -0.05) is 6.92 Å². The van der Waals surface area contributed by atoms with Gasteiger partial charge in [-0.3, -0.25) is 4.79 Å². The highest BCUT2D eigenvalue weighted by Gasteiger charge is 2.22. The number of morpholine rings is 1. The molecule has 0 aliphatic carbocycles. The number of hydrogen-bond acceptors (Lipinski definition) is 2. The number of carbonyl (C=O) groups is 1. The number of unbranched alkanes of at least 4 members (excludes halogenated alkanes) is 1. The van der Waals surface area contributed by atoms with E-state index in [1.54, 1.807) is 0 Å². The van der Waals surface area contributed by atoms with Crippen molar-refractivity contribution in [1.82, 2.24) is 4.90 Å². The molecule has 0 radical (unpaired) electrons. The van der Waals surface area contributed by atoms with Crippen LogP contribution in [0.3, 0.4) is 0 Å². The molecule has 3 nitrogen and oxygen atoms in total. The second kappa shape index (κ2) is 7.07. The molecule has 4 heteroatoms. The monoisotopic (exact) mass is 233 g/mol. The Kier molecular flexibility index (Phi) is 6.03. The molecule has 1 rings (SSSR count). The lowest BCUT2D eigenvalue weighted by atomic mass is 10.2. The van der Waals surface area contributed by atoms with Crippen molar-refractivity contribution in [1.29, 1.82) is 0 Å². The smallest absolute Gasteiger partial charge is 0.222 e. The summed E-state index contributed by atoms with van der Waals surface area (Å²) in [6.45, 7) is 4.28. The van der Waals surface area contributed by atoms with Crippen molar-refractivity contribution in [2.24, 2.45) is 0 Å². The molecule has 1 saturated heterocycles. The Balaban J connectivity index is 2.25. The van der Waals surface area contributed by atoms with E-state index in [0.717, 1.165) is 32.4 Å². The lowest BCUT2D eigenvalue weighted by molar-refractivity contribution is -0.138. The number of halogens is 1. The SMILES string of the molecule is CCC1CN(C(=O)CCCCCl)CCO1. The first-order chi connectivity index (χ1) is 7.27. The van der Waals surface area contributed by atoms with E-state index >= 15 is 0 Å². The number of amides is 1. The van der Waals surface area contributed by atoms with E-state index in [9.17, 15) is 4.79 Å². The predicted molar refractivity (Wildman–Crippen MR) is 61.2 cm³/mol. The summed E-state index contributed by atoms with van der Waals surface area (Å²) in [5.41, 5.74) is 0. The number of alkyl halides is 1. The maximum Gasteiger partial charge on any atom is 0.222 e. The van der Waals surface area contributed by atoms with Gasteiger partial charge in [-0.05, 0) is 19.3 Å². The van der Waals surface area contributed by atoms with Gasteiger partial charge >= 0.3 is 0 Å². The fraction of sp³-hybridized carbons (Fsp3) is 0.909. The predicted octanol–water partition coefficient (Wildman–Crippen LogP) is 2.03. The van der Waals surface area contributed by atoms with Crippen LogP contribution in [0.2, 0.25) is 0 Å². The van der Waals surface area contributed by atoms with E-state index < -0.39 is 0 Å². The summed E-state index contributed by atoms with van der Waals surface area (Å²) in [5, 5.41) is 0. The highest BCUT2D eigenvalue weighted by atomic mass is 35.5. The average Bonchev–Trinajstić information content (AvgIpc) is 2.29. The summed E-state index contributed by atoms with van der Waals surface area (Å²) in [6, 6.07) is 0. The van der Waals surface area contributed by atoms with E-state index in [1.807, 2.05) is 4.90 Å². The molecule has 0 spiro atoms. The first kappa shape index (κ1) is 12.8. The van der Waals surface area contributed by atoms with Crippen LogP contribution < -0.4 is 0 Å². The van der Waals surface area contributed by atoms with Crippen LogP contribution in [0, 0.1) is 0 Å². The van der Waals surface area contributed by atoms with Gasteiger partial charge in [-0.15, -0.1) is 11.6 Å². The zero-order chi connectivity index (χ0) is 11.1. The molecule has 1 amide bonds. The van der Waals surface area contributed by atoms with Crippen LogP contribution in [0.1, 0.15) is 32.6 Å². The standard InChI is InChI=1S/C11H20ClNO2/c1-2-10-9-13(7-8-15-10)11(14)5-3-4-6-12/h10H,2-9H2,1H3. The van der Waals surface area contributed by atoms with Gasteiger partial charge in [0.25, 0.3) is 0 Å². The number of nitrogens with zero attached hydrogens (tertiary/aromatic N) is 1. The summed E-state index contributed by atoms with van der Waals surface area (Å²) in [6.07, 6.45) is 3.66. The number of ether oxygens (including phenoxy) is 1. The zero-order valence-corrected chi connectivity index (χ0v) is 10.1. The van der Waals surface area contributed by atoms with Crippen molar-refractivity contribution in [2.75, 3.05) is 25.6 Å². The molecule has 1 unspecified atom stereocenters. The van der Waals surface area contributed by atoms with Gasteiger partial charge in [-0.2, -0.15) is 0 Å². The average molecular weight is 234 g/mol. The third-order valence-corrected chi connectivity index (χ3v) is 2.99. The van der Waals surface area contributed by atoms with Crippen molar-refractivity contribution in [2.45, 2.75) is 38.7 Å². The second-order valence-corrected chi connectivity index (χ2v) is 4.26. The Morgan fingerprint density at radius 1 is 1.53 bits per heavy atom. The Morgan fingerprint density at radius 3 is 3.00 bits per heavy atom. The Bertz CT molecular complexity index is 199. The number of rotatable bonds is 5. The fourth-order valence-electron chi connectivity index (χ4n) is 1.72. The van der Waals surface area contributed by atoms with Crippen molar-refractivity contribution in [3.63, 3.8) is 0 Å². The first-order valence-corrected chi connectivity index (χ1v) is 6.26. The lowest BCUT2D eigenvalue weighted by Gasteiger charge is -2.32. The molecule has 1 heterocycles. The van der Waals surface area contributed by atoms with E-state index in [4.69, 9.17) is 16.3 Å². The van der Waals surface area contributed by atoms with Crippen LogP contribution in [0.25, 0.3) is 0 Å². The third kappa shape index (κ3) is 4.39. The zero-order valence-electron chi connectivity index (χ0n) is 9.38. The summed E-state index contributed by atoms with van der Waals surface area (Å²) in [7, 11) is 0. The summed E-state index contributed by atoms with van der Waals surface area (Å²) in [5.74, 6) is 0.899. The van der Waals surface area contributed by atoms with E-state index in [0.29, 0.717) is 18.9 Å². The molecule has 15 heavy (non-hydrogen) atoms. The quantitative estimate of drug-likeness (QED) is 0.537. The molecule has 0 aromatic rings. The second-order valence-electron chi connectivity index (χ2n) is 3.89. The van der Waals surface area contributed by atoms with Crippen molar-refractivity contribution in [3.05, 3.63) is 0 Å². The Labute approximate surface area is 96.7 Å². The normalized spacial score (nSPS) is 21.7. The van der Waals surface area contributed by atoms with Crippen molar-refractivity contribution in [3.8, 4) is 0 Å². The Hall–Kier alpha value is -0.280. The van der Waals surface area contributed by atoms with Gasteiger partial charge in [0.1, 0.15) is 0 Å². The lowest BCUT2D eigenvalue weighted by Crippen LogP contribution is -2.45. The molecule has 0 aromatic heterocycles. The maximum atomic E-state index is 11.8. The van der Waals surface area contributed by atoms with Gasteiger partial charge in [-0.25, -0.2) is 0 Å². The minimum atomic E-state index is 0.232. The molecule has 1 aliphatic heterocycles. The molecule has 0 aromatic carbocycles. The first-order valence-electron chi connectivity index (χ1n) is 5.73. The molecule has 0 bridgehead atoms. The molecule has 88 valence electrons. The largest absolute Gasteiger partial charge is 0.375 e. The van der Waals surface area contributed by atoms with Crippen LogP contribution in [0.5, 0.6) is 0 Å². The van der Waals surface area contributed by atoms with Crippen LogP contribution in [0.15, 0.2) is 0 Å². The third-order valence-electron chi connectivity index (χ3n) is 2.72. The van der Waals surface area contributed by atoms with Gasteiger partial charge in [0.15, 0.2) is 0 Å². The van der Waals surface area contributed by atoms with E-state index in [2.05, 4.69) is 6.92 Å². The van der Waals surface area contributed by atoms with E-state index in [1.165, 1.54) is 0 Å². The maximum absolute atomic E-state index is 11.8. The van der Waals surface area contributed by atoms with Crippen molar-refractivity contribution >= 4 is 17.5 Å². The summed E-state index contributed by atoms with van der Waals surface area (Å²) >= 11 is 5.57. The van der Waals surface area contributed by atoms with Gasteiger partial charge in [0.2, 0.25) is 5.91 Å². The minimum Gasteiger partial charge on any atom is -0.375 e. The van der Waals surface area contributed by atoms with Crippen LogP contribution >= 0.6 is 11.6 Å². The molecule has 1 atom stereocenters. The van der Waals surface area contributed by atoms with E-state index in [-0.39, 0.29) is 12.0 Å². The molecule has 1 fully saturated rings. The van der Waals surface area contributed by atoms with Gasteiger partial charge in [0.05, 0.1) is 12.7 Å². The van der Waals surface area contributed by atoms with Crippen LogP contribution in [0.4, 0.5) is 0 Å². The van der Waals surface area contributed by atoms with Crippen LogP contribution in [-0.2, 0) is 9.53 Å². The van der Waals surface area contributed by atoms with Crippen LogP contribution in [-0.4, -0.2) is 42.5 Å². The van der Waals surface area contributed by atoms with Gasteiger partial charge < -0.3 is 9.64 Å².